The van der Waals surface area contributed by atoms with E-state index in [9.17, 15) is 14.9 Å². The maximum atomic E-state index is 13.1. The SMILES string of the molecule is CCN(CC)CCC[C@H](C)NC(=O)c1cc(/C=C/c2ccc([N+](=O)[O-])o2)nc2ccccc12. The summed E-state index contributed by atoms with van der Waals surface area (Å²) in [5.41, 5.74) is 1.80. The predicted molar refractivity (Wildman–Crippen MR) is 130 cm³/mol. The minimum absolute atomic E-state index is 0.0441. The number of nitrogens with zero attached hydrogens (tertiary/aromatic N) is 3. The van der Waals surface area contributed by atoms with Crippen molar-refractivity contribution in [2.24, 2.45) is 0 Å². The van der Waals surface area contributed by atoms with Crippen LogP contribution in [0.3, 0.4) is 0 Å². The zero-order chi connectivity index (χ0) is 23.8. The van der Waals surface area contributed by atoms with Crippen LogP contribution < -0.4 is 5.32 Å². The molecule has 8 heteroatoms. The van der Waals surface area contributed by atoms with E-state index in [-0.39, 0.29) is 17.8 Å². The Labute approximate surface area is 193 Å². The van der Waals surface area contributed by atoms with E-state index in [1.807, 2.05) is 31.2 Å². The Morgan fingerprint density at radius 2 is 1.97 bits per heavy atom. The van der Waals surface area contributed by atoms with Crippen LogP contribution in [0.5, 0.6) is 0 Å². The first-order valence-electron chi connectivity index (χ1n) is 11.3. The number of nitrogens with one attached hydrogen (secondary N) is 1. The Morgan fingerprint density at radius 3 is 2.67 bits per heavy atom. The van der Waals surface area contributed by atoms with E-state index in [1.54, 1.807) is 18.2 Å². The van der Waals surface area contributed by atoms with Gasteiger partial charge in [-0.2, -0.15) is 0 Å². The smallest absolute Gasteiger partial charge is 0.401 e. The maximum absolute atomic E-state index is 13.1. The highest BCUT2D eigenvalue weighted by molar-refractivity contribution is 6.06. The number of pyridine rings is 1. The molecular formula is C25H30N4O4. The second-order valence-electron chi connectivity index (χ2n) is 7.92. The quantitative estimate of drug-likeness (QED) is 0.320. The number of furan rings is 1. The van der Waals surface area contributed by atoms with Gasteiger partial charge in [0.05, 0.1) is 22.8 Å². The normalized spacial score (nSPS) is 12.5. The van der Waals surface area contributed by atoms with Gasteiger partial charge < -0.3 is 14.6 Å². The third-order valence-electron chi connectivity index (χ3n) is 5.57. The molecule has 1 amide bonds. The fraction of sp³-hybridized carbons (Fsp3) is 0.360. The number of carbonyl (C=O) groups is 1. The standard InChI is InChI=1S/C25H30N4O4/c1-4-28(5-2)16-8-9-18(3)26-25(30)22-17-19(27-23-11-7-6-10-21(22)23)12-13-20-14-15-24(33-20)29(31)32/h6-7,10-15,17-18H,4-5,8-9,16H2,1-3H3,(H,26,30)/b13-12+/t18-/m0/s1. The average Bonchev–Trinajstić information content (AvgIpc) is 3.29. The summed E-state index contributed by atoms with van der Waals surface area (Å²) in [5, 5.41) is 14.7. The predicted octanol–water partition coefficient (Wildman–Crippen LogP) is 5.15. The Morgan fingerprint density at radius 1 is 1.21 bits per heavy atom. The molecule has 0 bridgehead atoms. The van der Waals surface area contributed by atoms with Crippen LogP contribution in [0.1, 0.15) is 55.4 Å². The van der Waals surface area contributed by atoms with Crippen molar-refractivity contribution in [2.45, 2.75) is 39.7 Å². The summed E-state index contributed by atoms with van der Waals surface area (Å²) in [7, 11) is 0. The molecule has 33 heavy (non-hydrogen) atoms. The second-order valence-corrected chi connectivity index (χ2v) is 7.92. The molecular weight excluding hydrogens is 420 g/mol. The molecule has 0 saturated heterocycles. The molecule has 3 rings (SSSR count). The molecule has 174 valence electrons. The first kappa shape index (κ1) is 24.1. The highest BCUT2D eigenvalue weighted by Crippen LogP contribution is 2.21. The highest BCUT2D eigenvalue weighted by Gasteiger charge is 2.15. The van der Waals surface area contributed by atoms with Crippen LogP contribution in [0.15, 0.2) is 46.9 Å². The molecule has 0 spiro atoms. The molecule has 1 N–H and O–H groups in total. The molecule has 1 aromatic carbocycles. The molecule has 0 aliphatic carbocycles. The molecule has 2 aromatic heterocycles. The minimum atomic E-state index is -0.586. The van der Waals surface area contributed by atoms with E-state index in [1.165, 1.54) is 12.1 Å². The van der Waals surface area contributed by atoms with Crippen LogP contribution in [-0.4, -0.2) is 46.4 Å². The molecule has 2 heterocycles. The van der Waals surface area contributed by atoms with Crippen molar-refractivity contribution >= 4 is 34.8 Å². The van der Waals surface area contributed by atoms with Crippen LogP contribution in [0.2, 0.25) is 0 Å². The van der Waals surface area contributed by atoms with Gasteiger partial charge in [0, 0.05) is 11.4 Å². The number of nitro groups is 1. The number of rotatable bonds is 11. The average molecular weight is 451 g/mol. The van der Waals surface area contributed by atoms with E-state index in [2.05, 4.69) is 29.0 Å². The zero-order valence-electron chi connectivity index (χ0n) is 19.3. The third-order valence-corrected chi connectivity index (χ3v) is 5.57. The lowest BCUT2D eigenvalue weighted by Gasteiger charge is -2.20. The van der Waals surface area contributed by atoms with Crippen molar-refractivity contribution in [3.8, 4) is 0 Å². The van der Waals surface area contributed by atoms with Gasteiger partial charge in [0.25, 0.3) is 5.91 Å². The van der Waals surface area contributed by atoms with Gasteiger partial charge in [0.2, 0.25) is 0 Å². The van der Waals surface area contributed by atoms with Crippen molar-refractivity contribution in [3.05, 3.63) is 69.6 Å². The molecule has 8 nitrogen and oxygen atoms in total. The summed E-state index contributed by atoms with van der Waals surface area (Å²) in [6.45, 7) is 9.41. The number of carbonyl (C=O) groups excluding carboxylic acids is 1. The maximum Gasteiger partial charge on any atom is 0.433 e. The van der Waals surface area contributed by atoms with E-state index < -0.39 is 4.92 Å². The van der Waals surface area contributed by atoms with Crippen LogP contribution in [0.4, 0.5) is 5.88 Å². The van der Waals surface area contributed by atoms with E-state index >= 15 is 0 Å². The van der Waals surface area contributed by atoms with Gasteiger partial charge >= 0.3 is 5.88 Å². The van der Waals surface area contributed by atoms with Gasteiger partial charge in [-0.1, -0.05) is 32.0 Å². The number of hydrogen-bond donors (Lipinski definition) is 1. The van der Waals surface area contributed by atoms with E-state index in [4.69, 9.17) is 4.42 Å². The van der Waals surface area contributed by atoms with E-state index in [0.29, 0.717) is 22.5 Å². The number of aromatic nitrogens is 1. The number of benzene rings is 1. The number of para-hydroxylation sites is 1. The molecule has 1 atom stereocenters. The summed E-state index contributed by atoms with van der Waals surface area (Å²) in [4.78, 5) is 30.3. The molecule has 0 saturated carbocycles. The number of amides is 1. The molecule has 3 aromatic rings. The van der Waals surface area contributed by atoms with Crippen LogP contribution in [-0.2, 0) is 0 Å². The number of fused-ring (bicyclic) bond motifs is 1. The van der Waals surface area contributed by atoms with E-state index in [0.717, 1.165) is 37.9 Å². The largest absolute Gasteiger partial charge is 0.433 e. The van der Waals surface area contributed by atoms with Gasteiger partial charge in [-0.15, -0.1) is 0 Å². The summed E-state index contributed by atoms with van der Waals surface area (Å²) >= 11 is 0. The fourth-order valence-electron chi connectivity index (χ4n) is 3.70. The van der Waals surface area contributed by atoms with Gasteiger partial charge in [0.15, 0.2) is 0 Å². The Kier molecular flexibility index (Phi) is 8.32. The van der Waals surface area contributed by atoms with Crippen molar-refractivity contribution in [2.75, 3.05) is 19.6 Å². The number of hydrogen-bond acceptors (Lipinski definition) is 6. The summed E-state index contributed by atoms with van der Waals surface area (Å²) in [5.74, 6) is -0.132. The van der Waals surface area contributed by atoms with Gasteiger partial charge in [-0.25, -0.2) is 4.98 Å². The highest BCUT2D eigenvalue weighted by atomic mass is 16.6. The Hall–Kier alpha value is -3.52. The molecule has 0 fully saturated rings. The molecule has 0 aliphatic heterocycles. The summed E-state index contributed by atoms with van der Waals surface area (Å²) in [6.07, 6.45) is 5.19. The first-order valence-corrected chi connectivity index (χ1v) is 11.3. The minimum Gasteiger partial charge on any atom is -0.401 e. The first-order chi connectivity index (χ1) is 15.9. The van der Waals surface area contributed by atoms with Gasteiger partial charge in [0.1, 0.15) is 10.7 Å². The van der Waals surface area contributed by atoms with Crippen LogP contribution in [0.25, 0.3) is 23.1 Å². The van der Waals surface area contributed by atoms with Gasteiger partial charge in [-0.3, -0.25) is 14.9 Å². The third kappa shape index (κ3) is 6.49. The topological polar surface area (TPSA) is 102 Å². The van der Waals surface area contributed by atoms with Crippen LogP contribution in [0, 0.1) is 10.1 Å². The lowest BCUT2D eigenvalue weighted by Crippen LogP contribution is -2.34. The lowest BCUT2D eigenvalue weighted by molar-refractivity contribution is -0.402. The Bertz CT molecular complexity index is 1130. The monoisotopic (exact) mass is 450 g/mol. The summed E-state index contributed by atoms with van der Waals surface area (Å²) in [6, 6.07) is 12.1. The molecule has 0 unspecified atom stereocenters. The van der Waals surface area contributed by atoms with Gasteiger partial charge in [-0.05, 0) is 69.8 Å². The summed E-state index contributed by atoms with van der Waals surface area (Å²) < 4.78 is 5.16. The van der Waals surface area contributed by atoms with Crippen molar-refractivity contribution < 1.29 is 14.1 Å². The second kappa shape index (κ2) is 11.4. The lowest BCUT2D eigenvalue weighted by atomic mass is 10.1. The fourth-order valence-corrected chi connectivity index (χ4v) is 3.70. The van der Waals surface area contributed by atoms with Crippen molar-refractivity contribution in [1.29, 1.82) is 0 Å². The van der Waals surface area contributed by atoms with Crippen LogP contribution >= 0.6 is 0 Å². The van der Waals surface area contributed by atoms with Crippen molar-refractivity contribution in [1.82, 2.24) is 15.2 Å². The molecule has 0 radical (unpaired) electrons. The molecule has 0 aliphatic rings. The zero-order valence-corrected chi connectivity index (χ0v) is 19.3. The van der Waals surface area contributed by atoms with Crippen molar-refractivity contribution in [3.63, 3.8) is 0 Å². The Balaban J connectivity index is 1.76.